The second kappa shape index (κ2) is 5.79. The second-order valence-corrected chi connectivity index (χ2v) is 3.86. The summed E-state index contributed by atoms with van der Waals surface area (Å²) in [5.41, 5.74) is 4.21. The van der Waals surface area contributed by atoms with Gasteiger partial charge >= 0.3 is 0 Å². The highest BCUT2D eigenvalue weighted by Gasteiger charge is 2.11. The summed E-state index contributed by atoms with van der Waals surface area (Å²) in [6, 6.07) is 2.31. The van der Waals surface area contributed by atoms with Crippen molar-refractivity contribution in [2.24, 2.45) is 0 Å². The van der Waals surface area contributed by atoms with Crippen LogP contribution < -0.4 is 0 Å². The molecular weight excluding hydrogens is 170 g/mol. The van der Waals surface area contributed by atoms with E-state index in [1.54, 1.807) is 0 Å². The van der Waals surface area contributed by atoms with Crippen molar-refractivity contribution in [3.63, 3.8) is 0 Å². The van der Waals surface area contributed by atoms with Crippen LogP contribution in [0.15, 0.2) is 12.3 Å². The number of rotatable bonds is 1. The minimum Gasteiger partial charge on any atom is -0.261 e. The normalized spacial score (nSPS) is 13.1. The minimum atomic E-state index is 1.11. The monoisotopic (exact) mass is 191 g/mol. The van der Waals surface area contributed by atoms with Crippen molar-refractivity contribution in [3.8, 4) is 0 Å². The van der Waals surface area contributed by atoms with E-state index in [2.05, 4.69) is 31.8 Å². The Bertz CT molecular complexity index is 279. The van der Waals surface area contributed by atoms with Gasteiger partial charge in [0.15, 0.2) is 0 Å². The fraction of sp³-hybridized carbons (Fsp3) is 0.615. The Morgan fingerprint density at radius 1 is 1.21 bits per heavy atom. The molecular formula is C13H21N. The predicted octanol–water partition coefficient (Wildman–Crippen LogP) is 3.55. The Hall–Kier alpha value is -0.850. The molecule has 0 spiro atoms. The summed E-state index contributed by atoms with van der Waals surface area (Å²) in [7, 11) is 0. The van der Waals surface area contributed by atoms with Gasteiger partial charge < -0.3 is 0 Å². The fourth-order valence-corrected chi connectivity index (χ4v) is 1.67. The summed E-state index contributed by atoms with van der Waals surface area (Å²) >= 11 is 0. The maximum atomic E-state index is 4.43. The highest BCUT2D eigenvalue weighted by molar-refractivity contribution is 5.28. The summed E-state index contributed by atoms with van der Waals surface area (Å²) in [6.45, 7) is 6.43. The number of aromatic nitrogens is 1. The molecule has 0 aliphatic heterocycles. The van der Waals surface area contributed by atoms with Gasteiger partial charge in [0.05, 0.1) is 0 Å². The standard InChI is InChI=1S/C10H13N.C3H8/c1-2-8-6-9-4-3-5-10(9)11-7-8;1-3-2/h6-7H,2-5H2,1H3;3H2,1-2H3. The fourth-order valence-electron chi connectivity index (χ4n) is 1.67. The van der Waals surface area contributed by atoms with E-state index in [1.165, 1.54) is 42.5 Å². The van der Waals surface area contributed by atoms with Crippen LogP contribution in [-0.4, -0.2) is 4.98 Å². The summed E-state index contributed by atoms with van der Waals surface area (Å²) in [4.78, 5) is 4.43. The van der Waals surface area contributed by atoms with Crippen LogP contribution in [0.4, 0.5) is 0 Å². The summed E-state index contributed by atoms with van der Waals surface area (Å²) in [5, 5.41) is 0. The van der Waals surface area contributed by atoms with E-state index < -0.39 is 0 Å². The molecule has 78 valence electrons. The molecule has 1 aliphatic rings. The lowest BCUT2D eigenvalue weighted by Crippen LogP contribution is -1.90. The summed E-state index contributed by atoms with van der Waals surface area (Å²) < 4.78 is 0. The van der Waals surface area contributed by atoms with Crippen molar-refractivity contribution in [2.75, 3.05) is 0 Å². The molecule has 0 aromatic carbocycles. The highest BCUT2D eigenvalue weighted by Crippen LogP contribution is 2.20. The van der Waals surface area contributed by atoms with Crippen LogP contribution in [-0.2, 0) is 19.3 Å². The van der Waals surface area contributed by atoms with Crippen LogP contribution >= 0.6 is 0 Å². The molecule has 0 amide bonds. The van der Waals surface area contributed by atoms with Gasteiger partial charge in [-0.25, -0.2) is 0 Å². The van der Waals surface area contributed by atoms with Gasteiger partial charge in [-0.15, -0.1) is 0 Å². The molecule has 0 saturated heterocycles. The first kappa shape index (κ1) is 11.2. The number of hydrogen-bond acceptors (Lipinski definition) is 1. The molecule has 14 heavy (non-hydrogen) atoms. The van der Waals surface area contributed by atoms with Crippen molar-refractivity contribution in [3.05, 3.63) is 29.1 Å². The van der Waals surface area contributed by atoms with Gasteiger partial charge in [0.2, 0.25) is 0 Å². The van der Waals surface area contributed by atoms with Gasteiger partial charge in [-0.3, -0.25) is 4.98 Å². The van der Waals surface area contributed by atoms with Crippen molar-refractivity contribution < 1.29 is 0 Å². The van der Waals surface area contributed by atoms with Gasteiger partial charge in [0.25, 0.3) is 0 Å². The maximum absolute atomic E-state index is 4.43. The molecule has 0 radical (unpaired) electrons. The topological polar surface area (TPSA) is 12.9 Å². The third kappa shape index (κ3) is 2.83. The lowest BCUT2D eigenvalue weighted by molar-refractivity contribution is 0.899. The van der Waals surface area contributed by atoms with Crippen LogP contribution in [0.1, 0.15) is 50.4 Å². The molecule has 0 saturated carbocycles. The summed E-state index contributed by atoms with van der Waals surface area (Å²) in [5.74, 6) is 0. The smallest absolute Gasteiger partial charge is 0.0435 e. The number of aryl methyl sites for hydroxylation is 3. The molecule has 1 aromatic rings. The van der Waals surface area contributed by atoms with Crippen LogP contribution in [0.25, 0.3) is 0 Å². The lowest BCUT2D eigenvalue weighted by Gasteiger charge is -1.99. The van der Waals surface area contributed by atoms with Gasteiger partial charge in [-0.2, -0.15) is 0 Å². The first-order valence-corrected chi connectivity index (χ1v) is 5.78. The summed E-state index contributed by atoms with van der Waals surface area (Å²) in [6.07, 6.45) is 8.12. The van der Waals surface area contributed by atoms with E-state index in [1.807, 2.05) is 6.20 Å². The first-order valence-electron chi connectivity index (χ1n) is 5.78. The Balaban J connectivity index is 0.000000293. The Morgan fingerprint density at radius 2 is 1.93 bits per heavy atom. The minimum absolute atomic E-state index is 1.11. The molecule has 0 fully saturated rings. The molecule has 1 heterocycles. The number of nitrogens with zero attached hydrogens (tertiary/aromatic N) is 1. The Labute approximate surface area is 87.6 Å². The number of fused-ring (bicyclic) bond motifs is 1. The van der Waals surface area contributed by atoms with Crippen molar-refractivity contribution in [1.29, 1.82) is 0 Å². The molecule has 1 aliphatic carbocycles. The molecule has 0 atom stereocenters. The zero-order valence-electron chi connectivity index (χ0n) is 9.64. The zero-order valence-corrected chi connectivity index (χ0v) is 9.64. The molecule has 1 aromatic heterocycles. The molecule has 0 bridgehead atoms. The van der Waals surface area contributed by atoms with Gasteiger partial charge in [-0.05, 0) is 36.8 Å². The lowest BCUT2D eigenvalue weighted by atomic mass is 10.1. The third-order valence-electron chi connectivity index (χ3n) is 2.38. The second-order valence-electron chi connectivity index (χ2n) is 3.86. The van der Waals surface area contributed by atoms with E-state index in [4.69, 9.17) is 0 Å². The Kier molecular flexibility index (Phi) is 4.64. The van der Waals surface area contributed by atoms with E-state index in [0.29, 0.717) is 0 Å². The van der Waals surface area contributed by atoms with Crippen LogP contribution in [0.5, 0.6) is 0 Å². The Morgan fingerprint density at radius 3 is 2.57 bits per heavy atom. The van der Waals surface area contributed by atoms with Crippen LogP contribution in [0.2, 0.25) is 0 Å². The van der Waals surface area contributed by atoms with Gasteiger partial charge in [0, 0.05) is 11.9 Å². The first-order chi connectivity index (χ1) is 6.81. The maximum Gasteiger partial charge on any atom is 0.0435 e. The third-order valence-corrected chi connectivity index (χ3v) is 2.38. The molecule has 0 N–H and O–H groups in total. The average Bonchev–Trinajstić information content (AvgIpc) is 2.65. The van der Waals surface area contributed by atoms with E-state index in [-0.39, 0.29) is 0 Å². The zero-order chi connectivity index (χ0) is 10.4. The largest absolute Gasteiger partial charge is 0.261 e. The average molecular weight is 191 g/mol. The van der Waals surface area contributed by atoms with E-state index in [9.17, 15) is 0 Å². The molecule has 2 rings (SSSR count). The van der Waals surface area contributed by atoms with Gasteiger partial charge in [0.1, 0.15) is 0 Å². The molecule has 0 unspecified atom stereocenters. The van der Waals surface area contributed by atoms with E-state index in [0.717, 1.165) is 6.42 Å². The van der Waals surface area contributed by atoms with Crippen molar-refractivity contribution in [1.82, 2.24) is 4.98 Å². The number of hydrogen-bond donors (Lipinski definition) is 0. The number of pyridine rings is 1. The highest BCUT2D eigenvalue weighted by atomic mass is 14.7. The van der Waals surface area contributed by atoms with Gasteiger partial charge in [-0.1, -0.05) is 33.3 Å². The van der Waals surface area contributed by atoms with Crippen LogP contribution in [0, 0.1) is 0 Å². The SMILES string of the molecule is CCC.CCc1cnc2c(c1)CCC2. The predicted molar refractivity (Wildman–Crippen MR) is 61.6 cm³/mol. The van der Waals surface area contributed by atoms with Crippen molar-refractivity contribution in [2.45, 2.75) is 52.9 Å². The molecule has 1 heteroatoms. The quantitative estimate of drug-likeness (QED) is 0.661. The van der Waals surface area contributed by atoms with Crippen molar-refractivity contribution >= 4 is 0 Å². The van der Waals surface area contributed by atoms with Crippen LogP contribution in [0.3, 0.4) is 0 Å². The molecule has 1 nitrogen and oxygen atoms in total. The van der Waals surface area contributed by atoms with E-state index >= 15 is 0 Å².